The van der Waals surface area contributed by atoms with Crippen LogP contribution in [0.25, 0.3) is 0 Å². The van der Waals surface area contributed by atoms with Crippen molar-refractivity contribution < 1.29 is 13.9 Å². The fourth-order valence-corrected chi connectivity index (χ4v) is 4.28. The Kier molecular flexibility index (Phi) is 6.63. The molecule has 0 atom stereocenters. The smallest absolute Gasteiger partial charge is 0.316 e. The number of halogens is 1. The molecule has 1 aromatic carbocycles. The third-order valence-corrected chi connectivity index (χ3v) is 5.93. The molecule has 1 aliphatic carbocycles. The van der Waals surface area contributed by atoms with E-state index in [1.54, 1.807) is 12.1 Å². The topological polar surface area (TPSA) is 64.1 Å². The van der Waals surface area contributed by atoms with Gasteiger partial charge in [0, 0.05) is 6.04 Å². The monoisotopic (exact) mass is 381 g/mol. The Morgan fingerprint density at radius 1 is 1.24 bits per heavy atom. The molecule has 2 aromatic rings. The molecule has 1 aliphatic rings. The lowest BCUT2D eigenvalue weighted by atomic mass is 9.96. The minimum atomic E-state index is -0.327. The first-order valence-electron chi connectivity index (χ1n) is 8.32. The summed E-state index contributed by atoms with van der Waals surface area (Å²) in [6, 6.07) is 6.38. The molecule has 25 heavy (non-hydrogen) atoms. The van der Waals surface area contributed by atoms with E-state index < -0.39 is 0 Å². The van der Waals surface area contributed by atoms with Gasteiger partial charge in [-0.2, -0.15) is 0 Å². The van der Waals surface area contributed by atoms with Crippen LogP contribution in [0.3, 0.4) is 0 Å². The number of hydrogen-bond donors (Lipinski definition) is 1. The van der Waals surface area contributed by atoms with Gasteiger partial charge in [0.05, 0.1) is 5.75 Å². The van der Waals surface area contributed by atoms with Crippen LogP contribution in [0.2, 0.25) is 0 Å². The first-order valence-corrected chi connectivity index (χ1v) is 10.1. The van der Waals surface area contributed by atoms with Gasteiger partial charge in [-0.25, -0.2) is 4.39 Å². The number of carbonyl (C=O) groups excluding carboxylic acids is 1. The number of benzene rings is 1. The van der Waals surface area contributed by atoms with Crippen molar-refractivity contribution >= 4 is 34.2 Å². The SMILES string of the molecule is O=C(CSc1nnc(NC2CCCCC2)s1)OCc1ccc(F)cc1. The molecule has 0 spiro atoms. The molecule has 1 N–H and O–H groups in total. The van der Waals surface area contributed by atoms with Crippen LogP contribution >= 0.6 is 23.1 Å². The number of nitrogens with zero attached hydrogens (tertiary/aromatic N) is 2. The molecule has 1 aromatic heterocycles. The van der Waals surface area contributed by atoms with Gasteiger partial charge in [0.25, 0.3) is 0 Å². The van der Waals surface area contributed by atoms with Crippen LogP contribution in [0.5, 0.6) is 0 Å². The number of anilines is 1. The van der Waals surface area contributed by atoms with E-state index in [2.05, 4.69) is 15.5 Å². The Morgan fingerprint density at radius 2 is 2.00 bits per heavy atom. The number of carbonyl (C=O) groups is 1. The number of rotatable bonds is 7. The highest BCUT2D eigenvalue weighted by Crippen LogP contribution is 2.28. The number of aromatic nitrogens is 2. The highest BCUT2D eigenvalue weighted by molar-refractivity contribution is 8.01. The van der Waals surface area contributed by atoms with E-state index in [0.717, 1.165) is 15.0 Å². The van der Waals surface area contributed by atoms with Crippen molar-refractivity contribution in [3.05, 3.63) is 35.6 Å². The predicted octanol–water partition coefficient (Wildman–Crippen LogP) is 4.26. The van der Waals surface area contributed by atoms with Gasteiger partial charge in [0.1, 0.15) is 12.4 Å². The molecule has 134 valence electrons. The third kappa shape index (κ3) is 5.97. The summed E-state index contributed by atoms with van der Waals surface area (Å²) in [6.07, 6.45) is 6.20. The van der Waals surface area contributed by atoms with E-state index in [1.807, 2.05) is 0 Å². The third-order valence-electron chi connectivity index (χ3n) is 3.97. The second-order valence-corrected chi connectivity index (χ2v) is 8.13. The van der Waals surface area contributed by atoms with Crippen LogP contribution in [0.4, 0.5) is 9.52 Å². The standard InChI is InChI=1S/C17H20FN3O2S2/c18-13-8-6-12(7-9-13)10-23-15(22)11-24-17-21-20-16(25-17)19-14-4-2-1-3-5-14/h6-9,14H,1-5,10-11H2,(H,19,20). The zero-order valence-electron chi connectivity index (χ0n) is 13.7. The minimum Gasteiger partial charge on any atom is -0.460 e. The van der Waals surface area contributed by atoms with Gasteiger partial charge in [-0.05, 0) is 30.5 Å². The molecular formula is C17H20FN3O2S2. The van der Waals surface area contributed by atoms with Gasteiger partial charge >= 0.3 is 5.97 Å². The lowest BCUT2D eigenvalue weighted by Crippen LogP contribution is -2.21. The summed E-state index contributed by atoms with van der Waals surface area (Å²) >= 11 is 2.78. The Hall–Kier alpha value is -1.67. The summed E-state index contributed by atoms with van der Waals surface area (Å²) in [5.74, 6) is -0.454. The lowest BCUT2D eigenvalue weighted by Gasteiger charge is -2.21. The van der Waals surface area contributed by atoms with Gasteiger partial charge in [-0.1, -0.05) is 54.5 Å². The summed E-state index contributed by atoms with van der Waals surface area (Å²) in [7, 11) is 0. The molecule has 8 heteroatoms. The van der Waals surface area contributed by atoms with Crippen LogP contribution in [0.1, 0.15) is 37.7 Å². The normalized spacial score (nSPS) is 15.1. The second-order valence-electron chi connectivity index (χ2n) is 5.93. The van der Waals surface area contributed by atoms with E-state index in [-0.39, 0.29) is 24.1 Å². The number of hydrogen-bond acceptors (Lipinski definition) is 7. The maximum Gasteiger partial charge on any atom is 0.316 e. The molecule has 0 amide bonds. The Morgan fingerprint density at radius 3 is 2.76 bits per heavy atom. The number of thioether (sulfide) groups is 1. The van der Waals surface area contributed by atoms with E-state index in [9.17, 15) is 9.18 Å². The molecule has 1 saturated carbocycles. The van der Waals surface area contributed by atoms with Gasteiger partial charge in [0.15, 0.2) is 4.34 Å². The molecule has 1 heterocycles. The molecular weight excluding hydrogens is 361 g/mol. The molecule has 5 nitrogen and oxygen atoms in total. The number of ether oxygens (including phenoxy) is 1. The van der Waals surface area contributed by atoms with Crippen molar-refractivity contribution in [1.82, 2.24) is 10.2 Å². The van der Waals surface area contributed by atoms with Crippen molar-refractivity contribution in [3.63, 3.8) is 0 Å². The lowest BCUT2D eigenvalue weighted by molar-refractivity contribution is -0.141. The molecule has 0 radical (unpaired) electrons. The molecule has 0 bridgehead atoms. The summed E-state index contributed by atoms with van der Waals surface area (Å²) in [5.41, 5.74) is 0.759. The Bertz CT molecular complexity index is 687. The first kappa shape index (κ1) is 18.1. The Balaban J connectivity index is 1.39. The quantitative estimate of drug-likeness (QED) is 0.571. The average Bonchev–Trinajstić information content (AvgIpc) is 3.08. The van der Waals surface area contributed by atoms with Crippen LogP contribution in [-0.2, 0) is 16.1 Å². The first-order chi connectivity index (χ1) is 12.2. The maximum atomic E-state index is 12.8. The van der Waals surface area contributed by atoms with Gasteiger partial charge < -0.3 is 10.1 Å². The zero-order valence-corrected chi connectivity index (χ0v) is 15.4. The van der Waals surface area contributed by atoms with Gasteiger partial charge in [-0.15, -0.1) is 10.2 Å². The fraction of sp³-hybridized carbons (Fsp3) is 0.471. The molecule has 0 saturated heterocycles. The van der Waals surface area contributed by atoms with Crippen molar-refractivity contribution in [2.75, 3.05) is 11.1 Å². The van der Waals surface area contributed by atoms with Crippen molar-refractivity contribution in [2.24, 2.45) is 0 Å². The summed E-state index contributed by atoms with van der Waals surface area (Å²) < 4.78 is 18.7. The van der Waals surface area contributed by atoms with E-state index >= 15 is 0 Å². The van der Waals surface area contributed by atoms with Gasteiger partial charge in [-0.3, -0.25) is 4.79 Å². The van der Waals surface area contributed by atoms with Crippen LogP contribution in [0, 0.1) is 5.82 Å². The average molecular weight is 381 g/mol. The van der Waals surface area contributed by atoms with Crippen molar-refractivity contribution in [2.45, 2.75) is 49.1 Å². The van der Waals surface area contributed by atoms with E-state index in [0.29, 0.717) is 6.04 Å². The largest absolute Gasteiger partial charge is 0.460 e. The molecule has 3 rings (SSSR count). The van der Waals surface area contributed by atoms with E-state index in [1.165, 1.54) is 67.3 Å². The summed E-state index contributed by atoms with van der Waals surface area (Å²) in [6.45, 7) is 0.143. The van der Waals surface area contributed by atoms with Crippen LogP contribution in [0.15, 0.2) is 28.6 Å². The predicted molar refractivity (Wildman–Crippen MR) is 97.3 cm³/mol. The summed E-state index contributed by atoms with van der Waals surface area (Å²) in [5, 5.41) is 12.5. The fourth-order valence-electron chi connectivity index (χ4n) is 2.65. The molecule has 1 fully saturated rings. The highest BCUT2D eigenvalue weighted by Gasteiger charge is 2.15. The Labute approximate surface area is 154 Å². The number of esters is 1. The molecule has 0 aliphatic heterocycles. The second kappa shape index (κ2) is 9.15. The van der Waals surface area contributed by atoms with Crippen LogP contribution in [-0.4, -0.2) is 28.0 Å². The maximum absolute atomic E-state index is 12.8. The van der Waals surface area contributed by atoms with Gasteiger partial charge in [0.2, 0.25) is 5.13 Å². The van der Waals surface area contributed by atoms with Crippen molar-refractivity contribution in [3.8, 4) is 0 Å². The zero-order chi connectivity index (χ0) is 17.5. The highest BCUT2D eigenvalue weighted by atomic mass is 32.2. The minimum absolute atomic E-state index is 0.143. The molecule has 0 unspecified atom stereocenters. The van der Waals surface area contributed by atoms with Crippen molar-refractivity contribution in [1.29, 1.82) is 0 Å². The number of nitrogens with one attached hydrogen (secondary N) is 1. The van der Waals surface area contributed by atoms with Crippen LogP contribution < -0.4 is 5.32 Å². The summed E-state index contributed by atoms with van der Waals surface area (Å²) in [4.78, 5) is 11.8. The van der Waals surface area contributed by atoms with E-state index in [4.69, 9.17) is 4.74 Å².